The van der Waals surface area contributed by atoms with Gasteiger partial charge in [-0.2, -0.15) is 0 Å². The van der Waals surface area contributed by atoms with Crippen molar-refractivity contribution in [2.75, 3.05) is 32.7 Å². The summed E-state index contributed by atoms with van der Waals surface area (Å²) in [5.74, 6) is 0.589. The molecule has 0 fully saturated rings. The first-order chi connectivity index (χ1) is 9.76. The quantitative estimate of drug-likeness (QED) is 0.324. The maximum atomic E-state index is 11.1. The molecule has 8 heteroatoms. The largest absolute Gasteiger partial charge is 0.496 e. The van der Waals surface area contributed by atoms with Crippen LogP contribution < -0.4 is 10.5 Å². The number of sulfone groups is 1. The third-order valence-electron chi connectivity index (χ3n) is 2.95. The lowest BCUT2D eigenvalue weighted by molar-refractivity contribution is 0.318. The first-order valence-corrected chi connectivity index (χ1v) is 8.34. The number of nitrogens with zero attached hydrogens (tertiary/aromatic N) is 2. The molecular weight excluding hydrogens is 294 g/mol. The molecular formula is C13H21N3O4S. The van der Waals surface area contributed by atoms with Crippen LogP contribution in [-0.4, -0.2) is 57.1 Å². The van der Waals surface area contributed by atoms with E-state index in [0.717, 1.165) is 5.56 Å². The average molecular weight is 315 g/mol. The van der Waals surface area contributed by atoms with Gasteiger partial charge in [0.2, 0.25) is 0 Å². The highest BCUT2D eigenvalue weighted by Gasteiger charge is 2.11. The molecule has 0 amide bonds. The van der Waals surface area contributed by atoms with E-state index in [4.69, 9.17) is 15.7 Å². The SMILES string of the molecule is COc1cc(CN(C)CCS(C)(=O)=O)ccc1/C(N)=N/O. The first-order valence-electron chi connectivity index (χ1n) is 6.28. The molecule has 0 saturated carbocycles. The van der Waals surface area contributed by atoms with Gasteiger partial charge in [-0.05, 0) is 24.7 Å². The van der Waals surface area contributed by atoms with Crippen molar-refractivity contribution in [2.24, 2.45) is 10.9 Å². The lowest BCUT2D eigenvalue weighted by Crippen LogP contribution is -2.25. The number of rotatable bonds is 7. The van der Waals surface area contributed by atoms with Gasteiger partial charge >= 0.3 is 0 Å². The number of oxime groups is 1. The number of hydrogen-bond donors (Lipinski definition) is 2. The van der Waals surface area contributed by atoms with E-state index in [-0.39, 0.29) is 11.6 Å². The predicted molar refractivity (Wildman–Crippen MR) is 81.5 cm³/mol. The van der Waals surface area contributed by atoms with E-state index in [1.54, 1.807) is 12.1 Å². The zero-order chi connectivity index (χ0) is 16.0. The number of nitrogens with two attached hydrogens (primary N) is 1. The molecule has 3 N–H and O–H groups in total. The lowest BCUT2D eigenvalue weighted by atomic mass is 10.1. The van der Waals surface area contributed by atoms with E-state index in [2.05, 4.69) is 5.16 Å². The third kappa shape index (κ3) is 5.60. The van der Waals surface area contributed by atoms with Crippen LogP contribution in [0.2, 0.25) is 0 Å². The molecule has 1 aromatic carbocycles. The van der Waals surface area contributed by atoms with Gasteiger partial charge in [0.25, 0.3) is 0 Å². The molecule has 0 aliphatic heterocycles. The van der Waals surface area contributed by atoms with E-state index in [1.165, 1.54) is 13.4 Å². The van der Waals surface area contributed by atoms with Crippen LogP contribution >= 0.6 is 0 Å². The topological polar surface area (TPSA) is 105 Å². The Labute approximate surface area is 124 Å². The van der Waals surface area contributed by atoms with Gasteiger partial charge in [-0.15, -0.1) is 0 Å². The van der Waals surface area contributed by atoms with Crippen LogP contribution in [0.3, 0.4) is 0 Å². The van der Waals surface area contributed by atoms with E-state index in [0.29, 0.717) is 24.4 Å². The van der Waals surface area contributed by atoms with Crippen LogP contribution in [0, 0.1) is 0 Å². The number of hydrogen-bond acceptors (Lipinski definition) is 6. The van der Waals surface area contributed by atoms with E-state index < -0.39 is 9.84 Å². The summed E-state index contributed by atoms with van der Waals surface area (Å²) in [6.07, 6.45) is 1.22. The Morgan fingerprint density at radius 1 is 1.48 bits per heavy atom. The minimum atomic E-state index is -2.97. The average Bonchev–Trinajstić information content (AvgIpc) is 2.43. The zero-order valence-corrected chi connectivity index (χ0v) is 13.2. The van der Waals surface area contributed by atoms with Crippen LogP contribution in [0.1, 0.15) is 11.1 Å². The van der Waals surface area contributed by atoms with Gasteiger partial charge in [-0.3, -0.25) is 0 Å². The number of ether oxygens (including phenoxy) is 1. The minimum Gasteiger partial charge on any atom is -0.496 e. The molecule has 7 nitrogen and oxygen atoms in total. The second-order valence-corrected chi connectivity index (χ2v) is 7.15. The second kappa shape index (κ2) is 7.28. The maximum absolute atomic E-state index is 11.1. The Morgan fingerprint density at radius 2 is 2.14 bits per heavy atom. The third-order valence-corrected chi connectivity index (χ3v) is 3.87. The first kappa shape index (κ1) is 17.3. The standard InChI is InChI=1S/C13H21N3O4S/c1-16(6-7-21(3,18)19)9-10-4-5-11(13(14)15-17)12(8-10)20-2/h4-5,8,17H,6-7,9H2,1-3H3,(H2,14,15). The molecule has 0 aliphatic rings. The van der Waals surface area contributed by atoms with Crippen molar-refractivity contribution < 1.29 is 18.4 Å². The van der Waals surface area contributed by atoms with Gasteiger partial charge in [-0.1, -0.05) is 11.2 Å². The Bertz CT molecular complexity index is 614. The van der Waals surface area contributed by atoms with Crippen molar-refractivity contribution in [1.82, 2.24) is 4.90 Å². The van der Waals surface area contributed by atoms with Crippen LogP contribution in [0.15, 0.2) is 23.4 Å². The van der Waals surface area contributed by atoms with Gasteiger partial charge in [0.15, 0.2) is 5.84 Å². The van der Waals surface area contributed by atoms with Crippen molar-refractivity contribution in [3.8, 4) is 5.75 Å². The molecule has 0 heterocycles. The van der Waals surface area contributed by atoms with Crippen LogP contribution in [0.4, 0.5) is 0 Å². The monoisotopic (exact) mass is 315 g/mol. The highest BCUT2D eigenvalue weighted by molar-refractivity contribution is 7.90. The highest BCUT2D eigenvalue weighted by Crippen LogP contribution is 2.20. The summed E-state index contributed by atoms with van der Waals surface area (Å²) in [5, 5.41) is 11.7. The van der Waals surface area contributed by atoms with E-state index in [1.807, 2.05) is 18.0 Å². The number of methoxy groups -OCH3 is 1. The summed E-state index contributed by atoms with van der Waals surface area (Å²) in [4.78, 5) is 1.90. The zero-order valence-electron chi connectivity index (χ0n) is 12.4. The molecule has 1 rings (SSSR count). The second-order valence-electron chi connectivity index (χ2n) is 4.89. The fourth-order valence-electron chi connectivity index (χ4n) is 1.81. The van der Waals surface area contributed by atoms with Gasteiger partial charge in [0.05, 0.1) is 18.4 Å². The Kier molecular flexibility index (Phi) is 5.98. The molecule has 0 aromatic heterocycles. The van der Waals surface area contributed by atoms with Crippen molar-refractivity contribution in [2.45, 2.75) is 6.54 Å². The van der Waals surface area contributed by atoms with E-state index in [9.17, 15) is 8.42 Å². The molecule has 0 spiro atoms. The summed E-state index contributed by atoms with van der Waals surface area (Å²) in [5.41, 5.74) is 7.00. The van der Waals surface area contributed by atoms with Gasteiger partial charge in [-0.25, -0.2) is 8.42 Å². The van der Waals surface area contributed by atoms with Crippen molar-refractivity contribution >= 4 is 15.7 Å². The fourth-order valence-corrected chi connectivity index (χ4v) is 2.46. The summed E-state index contributed by atoms with van der Waals surface area (Å²) in [7, 11) is 0.371. The Balaban J connectivity index is 2.81. The van der Waals surface area contributed by atoms with Gasteiger partial charge in [0.1, 0.15) is 15.6 Å². The Morgan fingerprint density at radius 3 is 2.67 bits per heavy atom. The van der Waals surface area contributed by atoms with Crippen LogP contribution in [0.5, 0.6) is 5.75 Å². The summed E-state index contributed by atoms with van der Waals surface area (Å²) < 4.78 is 27.5. The van der Waals surface area contributed by atoms with Crippen molar-refractivity contribution in [1.29, 1.82) is 0 Å². The summed E-state index contributed by atoms with van der Waals surface area (Å²) in [6.45, 7) is 1.02. The number of benzene rings is 1. The smallest absolute Gasteiger partial charge is 0.173 e. The van der Waals surface area contributed by atoms with Crippen molar-refractivity contribution in [3.05, 3.63) is 29.3 Å². The lowest BCUT2D eigenvalue weighted by Gasteiger charge is -2.17. The van der Waals surface area contributed by atoms with Gasteiger partial charge in [0, 0.05) is 19.3 Å². The molecule has 1 aromatic rings. The number of amidine groups is 1. The van der Waals surface area contributed by atoms with Gasteiger partial charge < -0.3 is 20.6 Å². The minimum absolute atomic E-state index is 0.0242. The maximum Gasteiger partial charge on any atom is 0.173 e. The summed E-state index contributed by atoms with van der Waals surface area (Å²) in [6, 6.07) is 5.31. The van der Waals surface area contributed by atoms with Crippen LogP contribution in [-0.2, 0) is 16.4 Å². The molecule has 21 heavy (non-hydrogen) atoms. The predicted octanol–water partition coefficient (Wildman–Crippen LogP) is 0.266. The van der Waals surface area contributed by atoms with E-state index >= 15 is 0 Å². The molecule has 0 unspecified atom stereocenters. The highest BCUT2D eigenvalue weighted by atomic mass is 32.2. The summed E-state index contributed by atoms with van der Waals surface area (Å²) >= 11 is 0. The molecule has 0 saturated heterocycles. The molecule has 0 bridgehead atoms. The molecule has 118 valence electrons. The molecule has 0 radical (unpaired) electrons. The fraction of sp³-hybridized carbons (Fsp3) is 0.462. The normalized spacial score (nSPS) is 12.7. The Hall–Kier alpha value is -1.80. The van der Waals surface area contributed by atoms with Crippen LogP contribution in [0.25, 0.3) is 0 Å². The molecule has 0 atom stereocenters. The van der Waals surface area contributed by atoms with Crippen molar-refractivity contribution in [3.63, 3.8) is 0 Å². The molecule has 0 aliphatic carbocycles.